The summed E-state index contributed by atoms with van der Waals surface area (Å²) in [5, 5.41) is 19.5. The number of aromatic nitrogens is 2. The summed E-state index contributed by atoms with van der Waals surface area (Å²) in [5.41, 5.74) is -1.54. The van der Waals surface area contributed by atoms with Gasteiger partial charge in [-0.05, 0) is 30.3 Å². The molecule has 0 unspecified atom stereocenters. The van der Waals surface area contributed by atoms with Gasteiger partial charge in [-0.25, -0.2) is 4.79 Å². The molecule has 0 radical (unpaired) electrons. The molecule has 3 amide bonds. The van der Waals surface area contributed by atoms with Gasteiger partial charge in [0, 0.05) is 11.9 Å². The normalized spacial score (nSPS) is 11.2. The lowest BCUT2D eigenvalue weighted by Gasteiger charge is -2.15. The molecule has 0 saturated heterocycles. The molecule has 0 aliphatic heterocycles. The molecule has 3 aromatic rings. The maximum atomic E-state index is 13.5. The zero-order chi connectivity index (χ0) is 21.7. The molecule has 0 aliphatic carbocycles. The molecule has 0 atom stereocenters. The van der Waals surface area contributed by atoms with Crippen LogP contribution in [0.3, 0.4) is 0 Å². The Morgan fingerprint density at radius 1 is 1.13 bits per heavy atom. The Balaban J connectivity index is 1.74. The maximum Gasteiger partial charge on any atom is 0.418 e. The molecule has 9 nitrogen and oxygen atoms in total. The topological polar surface area (TPSA) is 121 Å². The van der Waals surface area contributed by atoms with E-state index in [2.05, 4.69) is 21.0 Å². The molecular weight excluding hydrogens is 407 g/mol. The first-order valence-corrected chi connectivity index (χ1v) is 8.53. The molecule has 0 saturated carbocycles. The van der Waals surface area contributed by atoms with Crippen molar-refractivity contribution in [3.63, 3.8) is 0 Å². The summed E-state index contributed by atoms with van der Waals surface area (Å²) < 4.78 is 46.6. The van der Waals surface area contributed by atoms with Crippen LogP contribution in [0.15, 0.2) is 53.4 Å². The van der Waals surface area contributed by atoms with Gasteiger partial charge < -0.3 is 25.5 Å². The molecule has 1 aromatic carbocycles. The van der Waals surface area contributed by atoms with E-state index in [1.54, 1.807) is 0 Å². The zero-order valence-corrected chi connectivity index (χ0v) is 15.2. The van der Waals surface area contributed by atoms with Crippen molar-refractivity contribution in [2.75, 3.05) is 22.6 Å². The van der Waals surface area contributed by atoms with Gasteiger partial charge in [-0.3, -0.25) is 9.48 Å². The van der Waals surface area contributed by atoms with Gasteiger partial charge in [0.2, 0.25) is 0 Å². The second-order valence-corrected chi connectivity index (χ2v) is 5.98. The van der Waals surface area contributed by atoms with E-state index in [1.165, 1.54) is 41.5 Å². The van der Waals surface area contributed by atoms with Gasteiger partial charge in [-0.1, -0.05) is 0 Å². The molecule has 0 aliphatic rings. The number of hydrogen-bond acceptors (Lipinski definition) is 5. The monoisotopic (exact) mass is 423 g/mol. The van der Waals surface area contributed by atoms with Crippen LogP contribution in [0.4, 0.5) is 35.0 Å². The molecule has 30 heavy (non-hydrogen) atoms. The highest BCUT2D eigenvalue weighted by molar-refractivity contribution is 6.03. The minimum atomic E-state index is -4.79. The van der Waals surface area contributed by atoms with Crippen LogP contribution in [0, 0.1) is 0 Å². The highest BCUT2D eigenvalue weighted by Crippen LogP contribution is 2.36. The molecule has 0 bridgehead atoms. The summed E-state index contributed by atoms with van der Waals surface area (Å²) in [6.07, 6.45) is -0.837. The standard InChI is InChI=1S/C18H16F3N5O4/c19-18(20,21)13-8-11(23-16(28)15-2-1-7-30-15)3-4-14(13)25-17(29)24-12-9-22-26(10-12)5-6-27/h1-4,7-10,27H,5-6H2,(H,23,28)(H2,24,25,29). The first-order valence-electron chi connectivity index (χ1n) is 8.53. The summed E-state index contributed by atoms with van der Waals surface area (Å²) in [5.74, 6) is -0.779. The third-order valence-corrected chi connectivity index (χ3v) is 3.80. The second-order valence-electron chi connectivity index (χ2n) is 5.98. The van der Waals surface area contributed by atoms with Crippen molar-refractivity contribution in [2.24, 2.45) is 0 Å². The van der Waals surface area contributed by atoms with E-state index >= 15 is 0 Å². The number of anilines is 3. The van der Waals surface area contributed by atoms with Crippen molar-refractivity contribution in [1.82, 2.24) is 9.78 Å². The first kappa shape index (κ1) is 20.9. The largest absolute Gasteiger partial charge is 0.459 e. The number of amides is 3. The van der Waals surface area contributed by atoms with Crippen molar-refractivity contribution in [1.29, 1.82) is 0 Å². The van der Waals surface area contributed by atoms with Crippen LogP contribution < -0.4 is 16.0 Å². The summed E-state index contributed by atoms with van der Waals surface area (Å²) in [6, 6.07) is 4.85. The lowest BCUT2D eigenvalue weighted by atomic mass is 10.1. The lowest BCUT2D eigenvalue weighted by molar-refractivity contribution is -0.136. The predicted molar refractivity (Wildman–Crippen MR) is 100 cm³/mol. The maximum absolute atomic E-state index is 13.5. The fourth-order valence-corrected chi connectivity index (χ4v) is 2.50. The number of nitrogens with one attached hydrogen (secondary N) is 3. The van der Waals surface area contributed by atoms with E-state index in [-0.39, 0.29) is 30.3 Å². The fourth-order valence-electron chi connectivity index (χ4n) is 2.50. The van der Waals surface area contributed by atoms with Crippen molar-refractivity contribution in [3.8, 4) is 0 Å². The summed E-state index contributed by atoms with van der Waals surface area (Å²) in [4.78, 5) is 24.0. The van der Waals surface area contributed by atoms with Crippen molar-refractivity contribution in [3.05, 3.63) is 60.3 Å². The van der Waals surface area contributed by atoms with Gasteiger partial charge in [0.25, 0.3) is 5.91 Å². The van der Waals surface area contributed by atoms with Gasteiger partial charge >= 0.3 is 12.2 Å². The van der Waals surface area contributed by atoms with Crippen LogP contribution in [0.25, 0.3) is 0 Å². The highest BCUT2D eigenvalue weighted by Gasteiger charge is 2.34. The first-order chi connectivity index (χ1) is 14.3. The Morgan fingerprint density at radius 2 is 1.93 bits per heavy atom. The number of hydrogen-bond donors (Lipinski definition) is 4. The average molecular weight is 423 g/mol. The van der Waals surface area contributed by atoms with Crippen molar-refractivity contribution in [2.45, 2.75) is 12.7 Å². The van der Waals surface area contributed by atoms with Crippen molar-refractivity contribution >= 4 is 29.0 Å². The molecule has 12 heteroatoms. The van der Waals surface area contributed by atoms with Crippen LogP contribution >= 0.6 is 0 Å². The Bertz CT molecular complexity index is 1030. The van der Waals surface area contributed by atoms with E-state index in [1.807, 2.05) is 0 Å². The van der Waals surface area contributed by atoms with Crippen LogP contribution in [0.2, 0.25) is 0 Å². The van der Waals surface area contributed by atoms with E-state index in [0.29, 0.717) is 6.07 Å². The number of halogens is 3. The average Bonchev–Trinajstić information content (AvgIpc) is 3.34. The van der Waals surface area contributed by atoms with Crippen LogP contribution in [0.5, 0.6) is 0 Å². The third kappa shape index (κ3) is 5.17. The van der Waals surface area contributed by atoms with Gasteiger partial charge in [-0.2, -0.15) is 18.3 Å². The molecule has 158 valence electrons. The summed E-state index contributed by atoms with van der Waals surface area (Å²) in [6.45, 7) is 0.0395. The number of benzene rings is 1. The van der Waals surface area contributed by atoms with Crippen LogP contribution in [-0.2, 0) is 12.7 Å². The number of urea groups is 1. The van der Waals surface area contributed by atoms with Gasteiger partial charge in [0.05, 0.1) is 42.5 Å². The van der Waals surface area contributed by atoms with Crippen molar-refractivity contribution < 1.29 is 32.3 Å². The van der Waals surface area contributed by atoms with E-state index in [9.17, 15) is 22.8 Å². The molecule has 0 fully saturated rings. The van der Waals surface area contributed by atoms with Gasteiger partial charge in [0.15, 0.2) is 5.76 Å². The Kier molecular flexibility index (Phi) is 6.06. The van der Waals surface area contributed by atoms with Gasteiger partial charge in [0.1, 0.15) is 0 Å². The number of carbonyl (C=O) groups excluding carboxylic acids is 2. The van der Waals surface area contributed by atoms with E-state index in [4.69, 9.17) is 9.52 Å². The number of aliphatic hydroxyl groups excluding tert-OH is 1. The SMILES string of the molecule is O=C(Nc1cnn(CCO)c1)Nc1ccc(NC(=O)c2ccco2)cc1C(F)(F)F. The Labute approximate surface area is 167 Å². The summed E-state index contributed by atoms with van der Waals surface area (Å²) >= 11 is 0. The zero-order valence-electron chi connectivity index (χ0n) is 15.2. The fraction of sp³-hybridized carbons (Fsp3) is 0.167. The quantitative estimate of drug-likeness (QED) is 0.484. The molecule has 0 spiro atoms. The minimum absolute atomic E-state index is 0.0631. The molecule has 3 rings (SSSR count). The van der Waals surface area contributed by atoms with E-state index < -0.39 is 29.4 Å². The minimum Gasteiger partial charge on any atom is -0.459 e. The number of nitrogens with zero attached hydrogens (tertiary/aromatic N) is 2. The third-order valence-electron chi connectivity index (χ3n) is 3.80. The number of furan rings is 1. The number of carbonyl (C=O) groups is 2. The smallest absolute Gasteiger partial charge is 0.418 e. The number of alkyl halides is 3. The number of aliphatic hydroxyl groups is 1. The Morgan fingerprint density at radius 3 is 2.60 bits per heavy atom. The highest BCUT2D eigenvalue weighted by atomic mass is 19.4. The summed E-state index contributed by atoms with van der Waals surface area (Å²) in [7, 11) is 0. The van der Waals surface area contributed by atoms with Crippen LogP contribution in [-0.4, -0.2) is 33.4 Å². The molecular formula is C18H16F3N5O4. The molecule has 2 heterocycles. The van der Waals surface area contributed by atoms with Gasteiger partial charge in [-0.15, -0.1) is 0 Å². The lowest BCUT2D eigenvalue weighted by Crippen LogP contribution is -2.22. The molecule has 4 N–H and O–H groups in total. The Hall–Kier alpha value is -3.80. The van der Waals surface area contributed by atoms with Crippen LogP contribution in [0.1, 0.15) is 16.1 Å². The number of rotatable bonds is 6. The molecule has 2 aromatic heterocycles. The van der Waals surface area contributed by atoms with E-state index in [0.717, 1.165) is 6.07 Å². The second kappa shape index (κ2) is 8.69. The predicted octanol–water partition coefficient (Wildman–Crippen LogP) is 3.38.